The van der Waals surface area contributed by atoms with Gasteiger partial charge in [0, 0.05) is 40.9 Å². The van der Waals surface area contributed by atoms with Gasteiger partial charge < -0.3 is 25.2 Å². The van der Waals surface area contributed by atoms with E-state index in [2.05, 4.69) is 25.6 Å². The molecule has 0 fully saturated rings. The van der Waals surface area contributed by atoms with E-state index in [1.165, 1.54) is 38.6 Å². The number of ether oxygens (including phenoxy) is 2. The molecule has 0 radical (unpaired) electrons. The van der Waals surface area contributed by atoms with Gasteiger partial charge in [-0.1, -0.05) is 12.1 Å². The number of aromatic nitrogens is 3. The zero-order chi connectivity index (χ0) is 30.9. The van der Waals surface area contributed by atoms with Crippen molar-refractivity contribution in [3.05, 3.63) is 84.2 Å². The number of hydrogen-bond acceptors (Lipinski definition) is 10. The number of fused-ring (bicyclic) bond motifs is 1. The molecular weight excluding hydrogens is 586 g/mol. The highest BCUT2D eigenvalue weighted by Gasteiger charge is 2.20. The Bertz CT molecular complexity index is 1990. The molecule has 3 aromatic carbocycles. The summed E-state index contributed by atoms with van der Waals surface area (Å²) in [6.07, 6.45) is 2.57. The van der Waals surface area contributed by atoms with Crippen LogP contribution in [0.2, 0.25) is 0 Å². The number of methoxy groups -OCH3 is 2. The number of nitrogens with zero attached hydrogens (tertiary/aromatic N) is 3. The number of nitrogens with one attached hydrogen (secondary N) is 2. The summed E-state index contributed by atoms with van der Waals surface area (Å²) < 4.78 is 63.0. The zero-order valence-electron chi connectivity index (χ0n) is 22.4. The predicted octanol–water partition coefficient (Wildman–Crippen LogP) is 4.82. The maximum atomic E-state index is 13.7. The largest absolute Gasteiger partial charge is 0.480 e. The fraction of sp³-hybridized carbons (Fsp3) is 0.0714. The third-order valence-electron chi connectivity index (χ3n) is 6.16. The highest BCUT2D eigenvalue weighted by Crippen LogP contribution is 2.36. The van der Waals surface area contributed by atoms with E-state index in [-0.39, 0.29) is 45.1 Å². The molecule has 2 heterocycles. The summed E-state index contributed by atoms with van der Waals surface area (Å²) in [7, 11) is -1.46. The second-order valence-corrected chi connectivity index (χ2v) is 10.6. The maximum Gasteiger partial charge on any atom is 0.335 e. The smallest absolute Gasteiger partial charge is 0.335 e. The van der Waals surface area contributed by atoms with Gasteiger partial charge in [-0.25, -0.2) is 32.1 Å². The van der Waals surface area contributed by atoms with Gasteiger partial charge in [0.1, 0.15) is 16.5 Å². The summed E-state index contributed by atoms with van der Waals surface area (Å²) in [6, 6.07) is 11.7. The number of nitrogens with two attached hydrogens (primary N) is 1. The van der Waals surface area contributed by atoms with Crippen molar-refractivity contribution in [2.45, 2.75) is 4.90 Å². The molecule has 5 aromatic rings. The van der Waals surface area contributed by atoms with Gasteiger partial charge in [-0.2, -0.15) is 4.98 Å². The molecular formula is C28H22F2N6O6S. The molecule has 0 saturated heterocycles. The van der Waals surface area contributed by atoms with Gasteiger partial charge in [0.2, 0.25) is 15.9 Å². The number of anilines is 4. The Morgan fingerprint density at radius 1 is 0.884 bits per heavy atom. The Morgan fingerprint density at radius 3 is 2.19 bits per heavy atom. The third-order valence-corrected chi connectivity index (χ3v) is 7.08. The summed E-state index contributed by atoms with van der Waals surface area (Å²) in [5.74, 6) is -2.75. The summed E-state index contributed by atoms with van der Waals surface area (Å²) in [5, 5.41) is 21.2. The van der Waals surface area contributed by atoms with Crippen LogP contribution in [-0.4, -0.2) is 48.7 Å². The molecule has 5 rings (SSSR count). The number of sulfonamides is 1. The highest BCUT2D eigenvalue weighted by atomic mass is 32.2. The monoisotopic (exact) mass is 608 g/mol. The molecule has 0 aliphatic heterocycles. The molecule has 0 aliphatic carbocycles. The number of aromatic carboxylic acids is 1. The van der Waals surface area contributed by atoms with Gasteiger partial charge in [-0.15, -0.1) is 0 Å². The SMILES string of the molecule is COc1ncc(-c2ccc3c(Nc4cc(Nc5cc(F)cc(F)c5)cc(C(=O)O)c4)c(S(N)(=O)=O)cnc3c2)c(OC)n1. The maximum absolute atomic E-state index is 13.7. The first-order chi connectivity index (χ1) is 20.4. The first-order valence-electron chi connectivity index (χ1n) is 12.2. The fourth-order valence-electron chi connectivity index (χ4n) is 4.32. The fourth-order valence-corrected chi connectivity index (χ4v) is 4.97. The first kappa shape index (κ1) is 29.1. The van der Waals surface area contributed by atoms with E-state index in [0.29, 0.717) is 28.1 Å². The van der Waals surface area contributed by atoms with Crippen LogP contribution in [0.25, 0.3) is 22.0 Å². The Hall–Kier alpha value is -5.41. The van der Waals surface area contributed by atoms with E-state index in [1.54, 1.807) is 18.2 Å². The Balaban J connectivity index is 1.62. The van der Waals surface area contributed by atoms with Crippen molar-refractivity contribution in [2.75, 3.05) is 24.9 Å². The summed E-state index contributed by atoms with van der Waals surface area (Å²) in [5.41, 5.74) is 1.56. The topological polar surface area (TPSA) is 179 Å². The van der Waals surface area contributed by atoms with Crippen LogP contribution in [0.5, 0.6) is 11.9 Å². The Labute approximate surface area is 243 Å². The van der Waals surface area contributed by atoms with Crippen LogP contribution in [0.4, 0.5) is 31.5 Å². The van der Waals surface area contributed by atoms with Crippen LogP contribution in [0.3, 0.4) is 0 Å². The molecule has 12 nitrogen and oxygen atoms in total. The molecule has 0 amide bonds. The van der Waals surface area contributed by atoms with Gasteiger partial charge >= 0.3 is 12.0 Å². The van der Waals surface area contributed by atoms with Crippen LogP contribution >= 0.6 is 0 Å². The van der Waals surface area contributed by atoms with Crippen LogP contribution in [0, 0.1) is 11.6 Å². The number of primary sulfonamides is 1. The van der Waals surface area contributed by atoms with E-state index < -0.39 is 27.6 Å². The number of pyridine rings is 1. The average Bonchev–Trinajstić information content (AvgIpc) is 2.95. The van der Waals surface area contributed by atoms with E-state index in [0.717, 1.165) is 18.3 Å². The zero-order valence-corrected chi connectivity index (χ0v) is 23.2. The van der Waals surface area contributed by atoms with Gasteiger partial charge in [0.25, 0.3) is 0 Å². The van der Waals surface area contributed by atoms with Crippen molar-refractivity contribution < 1.29 is 36.6 Å². The Kier molecular flexibility index (Phi) is 7.76. The average molecular weight is 609 g/mol. The second kappa shape index (κ2) is 11.5. The molecule has 0 unspecified atom stereocenters. The lowest BCUT2D eigenvalue weighted by atomic mass is 10.0. The van der Waals surface area contributed by atoms with E-state index >= 15 is 0 Å². The number of hydrogen-bond donors (Lipinski definition) is 4. The highest BCUT2D eigenvalue weighted by molar-refractivity contribution is 7.89. The molecule has 5 N–H and O–H groups in total. The minimum Gasteiger partial charge on any atom is -0.480 e. The number of carboxylic acid groups (broad SMARTS) is 1. The lowest BCUT2D eigenvalue weighted by molar-refractivity contribution is 0.0697. The molecule has 0 bridgehead atoms. The first-order valence-corrected chi connectivity index (χ1v) is 13.8. The van der Waals surface area contributed by atoms with Crippen molar-refractivity contribution in [2.24, 2.45) is 5.14 Å². The number of rotatable bonds is 9. The van der Waals surface area contributed by atoms with Crippen LogP contribution in [0.15, 0.2) is 71.9 Å². The van der Waals surface area contributed by atoms with Crippen molar-refractivity contribution >= 4 is 49.6 Å². The van der Waals surface area contributed by atoms with Crippen molar-refractivity contribution in [3.8, 4) is 23.0 Å². The molecule has 2 aromatic heterocycles. The van der Waals surface area contributed by atoms with Crippen molar-refractivity contribution in [1.29, 1.82) is 0 Å². The van der Waals surface area contributed by atoms with E-state index in [1.807, 2.05) is 0 Å². The third kappa shape index (κ3) is 6.27. The summed E-state index contributed by atoms with van der Waals surface area (Å²) in [6.45, 7) is 0. The molecule has 15 heteroatoms. The van der Waals surface area contributed by atoms with Gasteiger partial charge in [-0.3, -0.25) is 4.98 Å². The lowest BCUT2D eigenvalue weighted by Crippen LogP contribution is -2.15. The number of carboxylic acids is 1. The van der Waals surface area contributed by atoms with Crippen molar-refractivity contribution in [1.82, 2.24) is 15.0 Å². The van der Waals surface area contributed by atoms with Gasteiger partial charge in [-0.05, 0) is 42.0 Å². The second-order valence-electron chi connectivity index (χ2n) is 9.07. The van der Waals surface area contributed by atoms with Gasteiger partial charge in [0.15, 0.2) is 0 Å². The number of halogens is 2. The lowest BCUT2D eigenvalue weighted by Gasteiger charge is -2.16. The molecule has 0 atom stereocenters. The predicted molar refractivity (Wildman–Crippen MR) is 154 cm³/mol. The van der Waals surface area contributed by atoms with E-state index in [4.69, 9.17) is 14.6 Å². The molecule has 0 saturated carbocycles. The standard InChI is InChI=1S/C28H22F2N6O6S/c1-41-26-22(12-33-28(36-26)42-2)14-3-4-21-23(7-14)32-13-24(43(31,39)40)25(21)35-19-6-15(27(37)38)5-18(11-19)34-20-9-16(29)8-17(30)10-20/h3-13,34H,1-2H3,(H,32,35)(H,37,38)(H2,31,39,40). The number of benzene rings is 3. The molecule has 0 aliphatic rings. The summed E-state index contributed by atoms with van der Waals surface area (Å²) in [4.78, 5) is 24.1. The van der Waals surface area contributed by atoms with Crippen LogP contribution < -0.4 is 25.2 Å². The summed E-state index contributed by atoms with van der Waals surface area (Å²) >= 11 is 0. The number of carbonyl (C=O) groups is 1. The quantitative estimate of drug-likeness (QED) is 0.180. The molecule has 220 valence electrons. The minimum absolute atomic E-state index is 0.0160. The van der Waals surface area contributed by atoms with E-state index in [9.17, 15) is 27.1 Å². The van der Waals surface area contributed by atoms with Crippen LogP contribution in [-0.2, 0) is 10.0 Å². The van der Waals surface area contributed by atoms with Crippen LogP contribution in [0.1, 0.15) is 10.4 Å². The molecule has 0 spiro atoms. The van der Waals surface area contributed by atoms with Gasteiger partial charge in [0.05, 0.1) is 36.6 Å². The Morgan fingerprint density at radius 2 is 1.56 bits per heavy atom. The minimum atomic E-state index is -4.31. The molecule has 43 heavy (non-hydrogen) atoms. The normalized spacial score (nSPS) is 11.3. The van der Waals surface area contributed by atoms with Crippen molar-refractivity contribution in [3.63, 3.8) is 0 Å².